The second-order valence-electron chi connectivity index (χ2n) is 5.73. The van der Waals surface area contributed by atoms with Crippen LogP contribution in [0.4, 0.5) is 5.69 Å². The smallest absolute Gasteiger partial charge is 0.340 e. The van der Waals surface area contributed by atoms with Crippen LogP contribution in [0.1, 0.15) is 6.92 Å². The number of nitrogens with one attached hydrogen (secondary N) is 1. The number of esters is 1. The maximum atomic E-state index is 12.3. The molecule has 1 N–H and O–H groups in total. The molecule has 0 aliphatic carbocycles. The van der Waals surface area contributed by atoms with E-state index in [1.807, 2.05) is 0 Å². The van der Waals surface area contributed by atoms with E-state index in [-0.39, 0.29) is 28.9 Å². The van der Waals surface area contributed by atoms with Crippen LogP contribution in [0.3, 0.4) is 0 Å². The van der Waals surface area contributed by atoms with Gasteiger partial charge >= 0.3 is 5.97 Å². The van der Waals surface area contributed by atoms with Gasteiger partial charge in [-0.3, -0.25) is 4.79 Å². The van der Waals surface area contributed by atoms with E-state index in [1.165, 1.54) is 36.4 Å². The Balaban J connectivity index is 1.64. The molecule has 1 amide bonds. The second kappa shape index (κ2) is 7.49. The van der Waals surface area contributed by atoms with Gasteiger partial charge in [0.05, 0.1) is 17.0 Å². The Hall–Kier alpha value is -2.72. The molecule has 0 saturated carbocycles. The van der Waals surface area contributed by atoms with Gasteiger partial charge in [0, 0.05) is 18.9 Å². The predicted octanol–water partition coefficient (Wildman–Crippen LogP) is 1.10. The standard InChI is InChI=1S/C16H15ClN4O5S/c1-10(15(22)19-12-3-2-6-18-14(12)17)26-16(23)11-4-5-13-20-27(24,25)8-7-21(13)9-11/h2-6,9-10H,7-8H2,1H3,(H,19,22). The van der Waals surface area contributed by atoms with Crippen molar-refractivity contribution >= 4 is 45.0 Å². The van der Waals surface area contributed by atoms with Crippen LogP contribution < -0.4 is 5.32 Å². The van der Waals surface area contributed by atoms with E-state index in [9.17, 15) is 18.0 Å². The van der Waals surface area contributed by atoms with Crippen molar-refractivity contribution in [1.82, 2.24) is 9.88 Å². The quantitative estimate of drug-likeness (QED) is 0.583. The first-order valence-electron chi connectivity index (χ1n) is 7.87. The summed E-state index contributed by atoms with van der Waals surface area (Å²) in [4.78, 5) is 29.8. The first-order valence-corrected chi connectivity index (χ1v) is 9.85. The van der Waals surface area contributed by atoms with Gasteiger partial charge < -0.3 is 15.0 Å². The fourth-order valence-corrected chi connectivity index (χ4v) is 3.45. The van der Waals surface area contributed by atoms with Gasteiger partial charge in [-0.05, 0) is 31.2 Å². The average Bonchev–Trinajstić information content (AvgIpc) is 2.62. The number of aromatic nitrogens is 1. The highest BCUT2D eigenvalue weighted by molar-refractivity contribution is 7.90. The number of anilines is 1. The fourth-order valence-electron chi connectivity index (χ4n) is 2.32. The van der Waals surface area contributed by atoms with Gasteiger partial charge in [0.2, 0.25) is 0 Å². The normalized spacial score (nSPS) is 18.7. The molecule has 0 spiro atoms. The first kappa shape index (κ1) is 19.1. The molecule has 1 aromatic rings. The van der Waals surface area contributed by atoms with Gasteiger partial charge in [-0.2, -0.15) is 0 Å². The number of sulfonamides is 1. The van der Waals surface area contributed by atoms with Crippen molar-refractivity contribution in [3.8, 4) is 0 Å². The lowest BCUT2D eigenvalue weighted by atomic mass is 10.2. The van der Waals surface area contributed by atoms with Crippen molar-refractivity contribution in [2.45, 2.75) is 13.0 Å². The lowest BCUT2D eigenvalue weighted by Gasteiger charge is -2.27. The van der Waals surface area contributed by atoms with Crippen LogP contribution in [0.2, 0.25) is 5.15 Å². The minimum absolute atomic E-state index is 0.120. The Bertz CT molecular complexity index is 986. The highest BCUT2D eigenvalue weighted by Crippen LogP contribution is 2.19. The Morgan fingerprint density at radius 2 is 2.15 bits per heavy atom. The Morgan fingerprint density at radius 1 is 1.37 bits per heavy atom. The fraction of sp³-hybridized carbons (Fsp3) is 0.250. The van der Waals surface area contributed by atoms with E-state index in [1.54, 1.807) is 12.1 Å². The topological polar surface area (TPSA) is 118 Å². The summed E-state index contributed by atoms with van der Waals surface area (Å²) in [6, 6.07) is 3.17. The maximum absolute atomic E-state index is 12.3. The summed E-state index contributed by atoms with van der Waals surface area (Å²) < 4.78 is 31.8. The van der Waals surface area contributed by atoms with Gasteiger partial charge in [-0.25, -0.2) is 18.2 Å². The summed E-state index contributed by atoms with van der Waals surface area (Å²) in [7, 11) is -3.47. The third kappa shape index (κ3) is 4.52. The van der Waals surface area contributed by atoms with Gasteiger partial charge in [-0.1, -0.05) is 11.6 Å². The lowest BCUT2D eigenvalue weighted by Crippen LogP contribution is -2.37. The number of amides is 1. The molecule has 0 radical (unpaired) electrons. The molecule has 0 fully saturated rings. The van der Waals surface area contributed by atoms with Crippen LogP contribution >= 0.6 is 11.6 Å². The van der Waals surface area contributed by atoms with Crippen molar-refractivity contribution in [1.29, 1.82) is 0 Å². The average molecular weight is 411 g/mol. The SMILES string of the molecule is CC(OC(=O)C1=CN2CCS(=O)(=O)N=C2C=C1)C(=O)Nc1cccnc1Cl. The maximum Gasteiger partial charge on any atom is 0.340 e. The Morgan fingerprint density at radius 3 is 2.89 bits per heavy atom. The van der Waals surface area contributed by atoms with Crippen molar-refractivity contribution in [3.05, 3.63) is 47.4 Å². The summed E-state index contributed by atoms with van der Waals surface area (Å²) in [5.41, 5.74) is 0.478. The predicted molar refractivity (Wildman–Crippen MR) is 98.6 cm³/mol. The van der Waals surface area contributed by atoms with E-state index in [2.05, 4.69) is 14.7 Å². The van der Waals surface area contributed by atoms with Crippen LogP contribution in [-0.4, -0.2) is 54.4 Å². The van der Waals surface area contributed by atoms with Gasteiger partial charge in [0.15, 0.2) is 11.3 Å². The minimum Gasteiger partial charge on any atom is -0.449 e. The minimum atomic E-state index is -3.47. The summed E-state index contributed by atoms with van der Waals surface area (Å²) in [5.74, 6) is -1.20. The zero-order chi connectivity index (χ0) is 19.6. The van der Waals surface area contributed by atoms with Crippen LogP contribution in [-0.2, 0) is 24.3 Å². The molecule has 3 rings (SSSR count). The van der Waals surface area contributed by atoms with Gasteiger partial charge in [0.25, 0.3) is 15.9 Å². The summed E-state index contributed by atoms with van der Waals surface area (Å²) in [5, 5.41) is 2.65. The van der Waals surface area contributed by atoms with Gasteiger partial charge in [-0.15, -0.1) is 4.40 Å². The first-order chi connectivity index (χ1) is 12.7. The molecule has 1 aromatic heterocycles. The molecule has 11 heteroatoms. The number of hydrogen-bond acceptors (Lipinski definition) is 7. The zero-order valence-electron chi connectivity index (χ0n) is 14.1. The number of amidine groups is 1. The molecule has 27 heavy (non-hydrogen) atoms. The molecule has 1 atom stereocenters. The van der Waals surface area contributed by atoms with E-state index < -0.39 is 28.0 Å². The molecule has 0 aromatic carbocycles. The summed E-state index contributed by atoms with van der Waals surface area (Å²) in [6.07, 6.45) is 4.64. The molecule has 142 valence electrons. The highest BCUT2D eigenvalue weighted by atomic mass is 35.5. The van der Waals surface area contributed by atoms with Crippen molar-refractivity contribution in [3.63, 3.8) is 0 Å². The molecule has 1 unspecified atom stereocenters. The van der Waals surface area contributed by atoms with Crippen molar-refractivity contribution < 1.29 is 22.7 Å². The number of carbonyl (C=O) groups excluding carboxylic acids is 2. The van der Waals surface area contributed by atoms with E-state index in [4.69, 9.17) is 16.3 Å². The van der Waals surface area contributed by atoms with Crippen LogP contribution in [0.25, 0.3) is 0 Å². The van der Waals surface area contributed by atoms with Crippen molar-refractivity contribution in [2.24, 2.45) is 4.40 Å². The van der Waals surface area contributed by atoms with Crippen LogP contribution in [0, 0.1) is 0 Å². The third-order valence-corrected chi connectivity index (χ3v) is 5.19. The number of pyridine rings is 1. The Kier molecular flexibility index (Phi) is 5.29. The molecule has 2 aliphatic rings. The van der Waals surface area contributed by atoms with E-state index in [0.717, 1.165) is 0 Å². The van der Waals surface area contributed by atoms with Crippen molar-refractivity contribution in [2.75, 3.05) is 17.6 Å². The largest absolute Gasteiger partial charge is 0.449 e. The number of hydrogen-bond donors (Lipinski definition) is 1. The molecule has 0 saturated heterocycles. The number of rotatable bonds is 4. The highest BCUT2D eigenvalue weighted by Gasteiger charge is 2.27. The molecule has 0 bridgehead atoms. The van der Waals surface area contributed by atoms with Crippen LogP contribution in [0.5, 0.6) is 0 Å². The van der Waals surface area contributed by atoms with E-state index in [0.29, 0.717) is 5.69 Å². The number of fused-ring (bicyclic) bond motifs is 1. The number of nitrogens with zero attached hydrogens (tertiary/aromatic N) is 3. The number of halogens is 1. The van der Waals surface area contributed by atoms with E-state index >= 15 is 0 Å². The Labute approximate surface area is 160 Å². The van der Waals surface area contributed by atoms with Crippen LogP contribution in [0.15, 0.2) is 46.7 Å². The molecule has 3 heterocycles. The second-order valence-corrected chi connectivity index (χ2v) is 7.84. The number of carbonyl (C=O) groups is 2. The summed E-state index contributed by atoms with van der Waals surface area (Å²) >= 11 is 5.87. The molecule has 2 aliphatic heterocycles. The van der Waals surface area contributed by atoms with Gasteiger partial charge in [0.1, 0.15) is 5.84 Å². The molecule has 9 nitrogen and oxygen atoms in total. The third-order valence-electron chi connectivity index (χ3n) is 3.73. The lowest BCUT2D eigenvalue weighted by molar-refractivity contribution is -0.149. The molecular formula is C16H15ClN4O5S. The zero-order valence-corrected chi connectivity index (χ0v) is 15.7. The molecular weight excluding hydrogens is 396 g/mol. The monoisotopic (exact) mass is 410 g/mol. The number of ether oxygens (including phenoxy) is 1. The summed E-state index contributed by atoms with van der Waals surface area (Å²) in [6.45, 7) is 1.60.